The minimum absolute atomic E-state index is 1.13. The van der Waals surface area contributed by atoms with Crippen molar-refractivity contribution in [2.24, 2.45) is 0 Å². The molecule has 0 unspecified atom stereocenters. The van der Waals surface area contributed by atoms with Crippen molar-refractivity contribution >= 4 is 11.8 Å². The molecule has 1 heteroatoms. The molecular weight excluding hydrogens is 164 g/mol. The molecule has 0 nitrogen and oxygen atoms in total. The van der Waals surface area contributed by atoms with Crippen LogP contribution in [0.15, 0.2) is 59.9 Å². The van der Waals surface area contributed by atoms with Crippen molar-refractivity contribution in [3.63, 3.8) is 0 Å². The van der Waals surface area contributed by atoms with Crippen molar-refractivity contribution in [1.82, 2.24) is 0 Å². The molecule has 0 bridgehead atoms. The van der Waals surface area contributed by atoms with Gasteiger partial charge >= 0.3 is 0 Å². The minimum Gasteiger partial charge on any atom is -0.0991 e. The molecule has 0 amide bonds. The summed E-state index contributed by atoms with van der Waals surface area (Å²) in [6, 6.07) is 0. The quantitative estimate of drug-likeness (QED) is 0.572. The molecule has 0 aromatic carbocycles. The largest absolute Gasteiger partial charge is 0.0991 e. The van der Waals surface area contributed by atoms with Crippen LogP contribution in [0.4, 0.5) is 0 Å². The van der Waals surface area contributed by atoms with Crippen LogP contribution in [-0.2, 0) is 0 Å². The van der Waals surface area contributed by atoms with Gasteiger partial charge in [-0.05, 0) is 17.9 Å². The third-order valence-electron chi connectivity index (χ3n) is 1.27. The monoisotopic (exact) mass is 178 g/mol. The fraction of sp³-hybridized carbons (Fsp3) is 0.0909. The van der Waals surface area contributed by atoms with Crippen LogP contribution in [0.2, 0.25) is 0 Å². The first kappa shape index (κ1) is 11.1. The first-order valence-corrected chi connectivity index (χ1v) is 4.54. The van der Waals surface area contributed by atoms with Gasteiger partial charge in [-0.3, -0.25) is 0 Å². The molecule has 0 aliphatic carbocycles. The Balaban J connectivity index is 4.57. The zero-order chi connectivity index (χ0) is 9.40. The van der Waals surface area contributed by atoms with Crippen molar-refractivity contribution < 1.29 is 0 Å². The molecule has 0 atom stereocenters. The second-order valence-corrected chi connectivity index (χ2v) is 3.14. The maximum Gasteiger partial charge on any atom is 0.0139 e. The van der Waals surface area contributed by atoms with Crippen LogP contribution >= 0.6 is 11.8 Å². The Morgan fingerprint density at radius 1 is 1.25 bits per heavy atom. The van der Waals surface area contributed by atoms with Crippen LogP contribution in [-0.4, -0.2) is 0 Å². The summed E-state index contributed by atoms with van der Waals surface area (Å²) < 4.78 is 0. The zero-order valence-corrected chi connectivity index (χ0v) is 8.23. The maximum atomic E-state index is 3.72. The van der Waals surface area contributed by atoms with E-state index in [1.807, 2.05) is 25.2 Å². The average molecular weight is 178 g/mol. The fourth-order valence-corrected chi connectivity index (χ4v) is 1.22. The van der Waals surface area contributed by atoms with E-state index in [2.05, 4.69) is 19.7 Å². The molecule has 64 valence electrons. The number of hydrogen-bond donors (Lipinski definition) is 0. The van der Waals surface area contributed by atoms with E-state index in [1.54, 1.807) is 23.2 Å². The summed E-state index contributed by atoms with van der Waals surface area (Å²) in [6.45, 7) is 13.0. The Labute approximate surface area is 79.1 Å². The number of thioether (sulfide) groups is 1. The Hall–Kier alpha value is -0.950. The van der Waals surface area contributed by atoms with E-state index in [0.717, 1.165) is 4.91 Å². The molecule has 0 spiro atoms. The van der Waals surface area contributed by atoms with E-state index in [9.17, 15) is 0 Å². The van der Waals surface area contributed by atoms with E-state index in [4.69, 9.17) is 0 Å². The second kappa shape index (κ2) is 6.74. The highest BCUT2D eigenvalue weighted by molar-refractivity contribution is 8.06. The summed E-state index contributed by atoms with van der Waals surface area (Å²) in [6.07, 6.45) is 7.49. The third kappa shape index (κ3) is 4.04. The summed E-state index contributed by atoms with van der Waals surface area (Å²) in [7, 11) is 0. The van der Waals surface area contributed by atoms with Gasteiger partial charge in [0.2, 0.25) is 0 Å². The second-order valence-electron chi connectivity index (χ2n) is 2.13. The van der Waals surface area contributed by atoms with Crippen LogP contribution in [0.3, 0.4) is 0 Å². The SMILES string of the molecule is C=C/C=C\C(C)=C(/C=C)SC=C. The molecule has 0 fully saturated rings. The topological polar surface area (TPSA) is 0 Å². The van der Waals surface area contributed by atoms with Crippen molar-refractivity contribution in [3.05, 3.63) is 59.9 Å². The highest BCUT2D eigenvalue weighted by Crippen LogP contribution is 2.21. The lowest BCUT2D eigenvalue weighted by Gasteiger charge is -1.99. The standard InChI is InChI=1S/C11H14S/c1-5-8-9-10(4)11(6-2)12-7-3/h5-9H,1-3H2,4H3/b9-8-,11-10+. The van der Waals surface area contributed by atoms with Crippen molar-refractivity contribution in [1.29, 1.82) is 0 Å². The van der Waals surface area contributed by atoms with Crippen LogP contribution in [0.5, 0.6) is 0 Å². The van der Waals surface area contributed by atoms with Gasteiger partial charge in [-0.25, -0.2) is 0 Å². The van der Waals surface area contributed by atoms with E-state index in [1.165, 1.54) is 5.57 Å². The van der Waals surface area contributed by atoms with E-state index < -0.39 is 0 Å². The normalized spacial score (nSPS) is 12.4. The lowest BCUT2D eigenvalue weighted by atomic mass is 10.2. The van der Waals surface area contributed by atoms with Gasteiger partial charge in [0, 0.05) is 4.91 Å². The Kier molecular flexibility index (Phi) is 6.21. The summed E-state index contributed by atoms with van der Waals surface area (Å²) >= 11 is 1.57. The zero-order valence-electron chi connectivity index (χ0n) is 7.42. The molecule has 0 saturated carbocycles. The van der Waals surface area contributed by atoms with Gasteiger partial charge in [-0.2, -0.15) is 0 Å². The lowest BCUT2D eigenvalue weighted by molar-refractivity contribution is 1.51. The van der Waals surface area contributed by atoms with Crippen LogP contribution in [0.1, 0.15) is 6.92 Å². The Morgan fingerprint density at radius 3 is 2.33 bits per heavy atom. The maximum absolute atomic E-state index is 3.72. The number of rotatable bonds is 5. The molecule has 0 heterocycles. The number of hydrogen-bond acceptors (Lipinski definition) is 1. The van der Waals surface area contributed by atoms with Crippen molar-refractivity contribution in [2.45, 2.75) is 6.92 Å². The molecule has 0 rings (SSSR count). The predicted octanol–water partition coefficient (Wildman–Crippen LogP) is 4.07. The van der Waals surface area contributed by atoms with E-state index in [-0.39, 0.29) is 0 Å². The van der Waals surface area contributed by atoms with Crippen LogP contribution in [0.25, 0.3) is 0 Å². The fourth-order valence-electron chi connectivity index (χ4n) is 0.686. The van der Waals surface area contributed by atoms with Crippen molar-refractivity contribution in [2.75, 3.05) is 0 Å². The van der Waals surface area contributed by atoms with Gasteiger partial charge in [0.15, 0.2) is 0 Å². The highest BCUT2D eigenvalue weighted by Gasteiger charge is 1.92. The van der Waals surface area contributed by atoms with Gasteiger partial charge in [0.25, 0.3) is 0 Å². The predicted molar refractivity (Wildman–Crippen MR) is 60.0 cm³/mol. The van der Waals surface area contributed by atoms with Crippen LogP contribution < -0.4 is 0 Å². The lowest BCUT2D eigenvalue weighted by Crippen LogP contribution is -1.74. The van der Waals surface area contributed by atoms with Gasteiger partial charge < -0.3 is 0 Å². The molecule has 0 aliphatic rings. The first-order valence-electron chi connectivity index (χ1n) is 3.66. The minimum atomic E-state index is 1.13. The van der Waals surface area contributed by atoms with E-state index in [0.29, 0.717) is 0 Å². The van der Waals surface area contributed by atoms with Crippen molar-refractivity contribution in [3.8, 4) is 0 Å². The Morgan fingerprint density at radius 2 is 1.92 bits per heavy atom. The van der Waals surface area contributed by atoms with Crippen LogP contribution in [0, 0.1) is 0 Å². The molecule has 12 heavy (non-hydrogen) atoms. The third-order valence-corrected chi connectivity index (χ3v) is 2.18. The molecule has 0 aliphatic heterocycles. The summed E-state index contributed by atoms with van der Waals surface area (Å²) in [4.78, 5) is 1.13. The summed E-state index contributed by atoms with van der Waals surface area (Å²) in [5, 5.41) is 1.79. The highest BCUT2D eigenvalue weighted by atomic mass is 32.2. The number of allylic oxidation sites excluding steroid dienone is 5. The molecule has 0 radical (unpaired) electrons. The summed E-state index contributed by atoms with van der Waals surface area (Å²) in [5.41, 5.74) is 1.18. The molecule has 0 aromatic rings. The Bertz CT molecular complexity index is 231. The molecule has 0 saturated heterocycles. The first-order chi connectivity index (χ1) is 5.76. The van der Waals surface area contributed by atoms with Gasteiger partial charge in [0.1, 0.15) is 0 Å². The average Bonchev–Trinajstić information content (AvgIpc) is 2.10. The smallest absolute Gasteiger partial charge is 0.0139 e. The molecule has 0 N–H and O–H groups in total. The van der Waals surface area contributed by atoms with Gasteiger partial charge in [-0.1, -0.05) is 55.8 Å². The molecule has 0 aromatic heterocycles. The van der Waals surface area contributed by atoms with Gasteiger partial charge in [0.05, 0.1) is 0 Å². The summed E-state index contributed by atoms with van der Waals surface area (Å²) in [5.74, 6) is 0. The van der Waals surface area contributed by atoms with E-state index >= 15 is 0 Å². The van der Waals surface area contributed by atoms with Gasteiger partial charge in [-0.15, -0.1) is 0 Å². The molecular formula is C11H14S.